The quantitative estimate of drug-likeness (QED) is 0.835. The van der Waals surface area contributed by atoms with E-state index in [4.69, 9.17) is 17.3 Å². The summed E-state index contributed by atoms with van der Waals surface area (Å²) in [7, 11) is -3.78. The smallest absolute Gasteiger partial charge is 0.241 e. The highest BCUT2D eigenvalue weighted by Gasteiger charge is 2.24. The Morgan fingerprint density at radius 3 is 2.26 bits per heavy atom. The molecule has 0 fully saturated rings. The van der Waals surface area contributed by atoms with Gasteiger partial charge in [0, 0.05) is 5.02 Å². The van der Waals surface area contributed by atoms with Crippen LogP contribution in [0.3, 0.4) is 0 Å². The van der Waals surface area contributed by atoms with Gasteiger partial charge in [-0.1, -0.05) is 25.4 Å². The molecule has 5 nitrogen and oxygen atoms in total. The molecule has 106 valence electrons. The Hall–Kier alpha value is -1.11. The molecule has 19 heavy (non-hydrogen) atoms. The van der Waals surface area contributed by atoms with Crippen molar-refractivity contribution in [2.24, 2.45) is 11.7 Å². The Labute approximate surface area is 118 Å². The molecule has 0 bridgehead atoms. The summed E-state index contributed by atoms with van der Waals surface area (Å²) in [6.45, 7) is 3.76. The number of hydrogen-bond acceptors (Lipinski definition) is 3. The van der Waals surface area contributed by atoms with Crippen LogP contribution in [0.5, 0.6) is 0 Å². The molecular weight excluding hydrogens is 288 g/mol. The number of benzene rings is 1. The summed E-state index contributed by atoms with van der Waals surface area (Å²) < 4.78 is 26.5. The van der Waals surface area contributed by atoms with Crippen molar-refractivity contribution < 1.29 is 13.2 Å². The van der Waals surface area contributed by atoms with Gasteiger partial charge in [-0.05, 0) is 36.6 Å². The first-order valence-corrected chi connectivity index (χ1v) is 7.65. The zero-order chi connectivity index (χ0) is 14.6. The molecule has 0 saturated carbocycles. The maximum absolute atomic E-state index is 12.1. The van der Waals surface area contributed by atoms with Crippen LogP contribution in [0.4, 0.5) is 0 Å². The van der Waals surface area contributed by atoms with Gasteiger partial charge in [-0.25, -0.2) is 8.42 Å². The van der Waals surface area contributed by atoms with Gasteiger partial charge in [0.1, 0.15) is 6.04 Å². The number of halogens is 1. The molecular formula is C12H17ClN2O3S. The highest BCUT2D eigenvalue weighted by Crippen LogP contribution is 2.15. The van der Waals surface area contributed by atoms with Crippen LogP contribution in [0.2, 0.25) is 5.02 Å². The molecule has 1 aromatic rings. The van der Waals surface area contributed by atoms with E-state index in [-0.39, 0.29) is 10.8 Å². The van der Waals surface area contributed by atoms with E-state index in [2.05, 4.69) is 4.72 Å². The first-order chi connectivity index (χ1) is 8.72. The number of nitrogens with two attached hydrogens (primary N) is 1. The summed E-state index contributed by atoms with van der Waals surface area (Å²) in [4.78, 5) is 11.3. The van der Waals surface area contributed by atoms with Gasteiger partial charge in [0.25, 0.3) is 0 Å². The third-order valence-corrected chi connectivity index (χ3v) is 4.21. The molecule has 0 heterocycles. The van der Waals surface area contributed by atoms with Crippen molar-refractivity contribution in [2.75, 3.05) is 0 Å². The van der Waals surface area contributed by atoms with Gasteiger partial charge in [0.05, 0.1) is 4.90 Å². The van der Waals surface area contributed by atoms with Crippen LogP contribution in [0.1, 0.15) is 20.3 Å². The molecule has 0 aliphatic heterocycles. The van der Waals surface area contributed by atoms with Crippen molar-refractivity contribution in [1.29, 1.82) is 0 Å². The summed E-state index contributed by atoms with van der Waals surface area (Å²) in [6.07, 6.45) is 0.349. The Bertz CT molecular complexity index is 541. The monoisotopic (exact) mass is 304 g/mol. The van der Waals surface area contributed by atoms with Crippen molar-refractivity contribution in [3.63, 3.8) is 0 Å². The summed E-state index contributed by atoms with van der Waals surface area (Å²) in [6, 6.07) is 4.77. The van der Waals surface area contributed by atoms with Gasteiger partial charge in [-0.15, -0.1) is 0 Å². The summed E-state index contributed by atoms with van der Waals surface area (Å²) in [5.41, 5.74) is 5.21. The van der Waals surface area contributed by atoms with Crippen molar-refractivity contribution in [2.45, 2.75) is 31.2 Å². The van der Waals surface area contributed by atoms with Crippen molar-refractivity contribution in [3.8, 4) is 0 Å². The normalized spacial score (nSPS) is 13.5. The van der Waals surface area contributed by atoms with E-state index in [1.165, 1.54) is 24.3 Å². The lowest BCUT2D eigenvalue weighted by Gasteiger charge is -2.17. The van der Waals surface area contributed by atoms with E-state index in [1.807, 2.05) is 13.8 Å². The molecule has 1 rings (SSSR count). The standard InChI is InChI=1S/C12H17ClN2O3S/c1-8(2)7-11(12(14)16)15-19(17,18)10-5-3-9(13)4-6-10/h3-6,8,11,15H,7H2,1-2H3,(H2,14,16). The van der Waals surface area contributed by atoms with Crippen LogP contribution in [-0.2, 0) is 14.8 Å². The highest BCUT2D eigenvalue weighted by atomic mass is 35.5. The minimum absolute atomic E-state index is 0.0481. The number of carbonyl (C=O) groups excluding carboxylic acids is 1. The van der Waals surface area contributed by atoms with Crippen molar-refractivity contribution >= 4 is 27.5 Å². The first-order valence-electron chi connectivity index (χ1n) is 5.79. The molecule has 0 spiro atoms. The Kier molecular flexibility index (Phi) is 5.34. The third kappa shape index (κ3) is 4.81. The van der Waals surface area contributed by atoms with Crippen molar-refractivity contribution in [1.82, 2.24) is 4.72 Å². The lowest BCUT2D eigenvalue weighted by molar-refractivity contribution is -0.119. The molecule has 0 aromatic heterocycles. The molecule has 1 aromatic carbocycles. The number of nitrogens with one attached hydrogen (secondary N) is 1. The SMILES string of the molecule is CC(C)CC(NS(=O)(=O)c1ccc(Cl)cc1)C(N)=O. The van der Waals surface area contributed by atoms with Crippen LogP contribution in [0, 0.1) is 5.92 Å². The summed E-state index contributed by atoms with van der Waals surface area (Å²) in [5.74, 6) is -0.545. The van der Waals surface area contributed by atoms with E-state index in [0.29, 0.717) is 11.4 Å². The number of sulfonamides is 1. The zero-order valence-electron chi connectivity index (χ0n) is 10.8. The molecule has 0 saturated heterocycles. The maximum Gasteiger partial charge on any atom is 0.241 e. The highest BCUT2D eigenvalue weighted by molar-refractivity contribution is 7.89. The number of amides is 1. The molecule has 0 aliphatic rings. The summed E-state index contributed by atoms with van der Waals surface area (Å²) >= 11 is 5.70. The molecule has 0 aliphatic carbocycles. The fraction of sp³-hybridized carbons (Fsp3) is 0.417. The largest absolute Gasteiger partial charge is 0.368 e. The maximum atomic E-state index is 12.1. The van der Waals surface area contributed by atoms with E-state index in [1.54, 1.807) is 0 Å². The van der Waals surface area contributed by atoms with Crippen LogP contribution in [0.25, 0.3) is 0 Å². The Morgan fingerprint density at radius 2 is 1.84 bits per heavy atom. The van der Waals surface area contributed by atoms with Gasteiger partial charge in [-0.2, -0.15) is 4.72 Å². The predicted octanol–water partition coefficient (Wildman–Crippen LogP) is 1.52. The van der Waals surface area contributed by atoms with Crippen LogP contribution in [0.15, 0.2) is 29.2 Å². The van der Waals surface area contributed by atoms with E-state index >= 15 is 0 Å². The second-order valence-corrected chi connectivity index (χ2v) is 6.81. The average Bonchev–Trinajstić information content (AvgIpc) is 2.27. The van der Waals surface area contributed by atoms with Crippen LogP contribution >= 0.6 is 11.6 Å². The minimum Gasteiger partial charge on any atom is -0.368 e. The average molecular weight is 305 g/mol. The van der Waals surface area contributed by atoms with Gasteiger partial charge >= 0.3 is 0 Å². The number of primary amides is 1. The Morgan fingerprint density at radius 1 is 1.32 bits per heavy atom. The lowest BCUT2D eigenvalue weighted by Crippen LogP contribution is -2.45. The first kappa shape index (κ1) is 15.9. The second kappa shape index (κ2) is 6.36. The minimum atomic E-state index is -3.78. The fourth-order valence-electron chi connectivity index (χ4n) is 1.56. The Balaban J connectivity index is 2.94. The van der Waals surface area contributed by atoms with Gasteiger partial charge in [0.2, 0.25) is 15.9 Å². The molecule has 1 amide bonds. The number of carbonyl (C=O) groups is 1. The second-order valence-electron chi connectivity index (χ2n) is 4.66. The van der Waals surface area contributed by atoms with Gasteiger partial charge in [0.15, 0.2) is 0 Å². The van der Waals surface area contributed by atoms with Gasteiger partial charge < -0.3 is 5.73 Å². The number of rotatable bonds is 6. The summed E-state index contributed by atoms with van der Waals surface area (Å²) in [5, 5.41) is 0.438. The van der Waals surface area contributed by atoms with E-state index < -0.39 is 22.0 Å². The molecule has 1 atom stereocenters. The molecule has 0 radical (unpaired) electrons. The van der Waals surface area contributed by atoms with E-state index in [9.17, 15) is 13.2 Å². The third-order valence-electron chi connectivity index (χ3n) is 2.47. The van der Waals surface area contributed by atoms with E-state index in [0.717, 1.165) is 0 Å². The van der Waals surface area contributed by atoms with Crippen molar-refractivity contribution in [3.05, 3.63) is 29.3 Å². The topological polar surface area (TPSA) is 89.3 Å². The lowest BCUT2D eigenvalue weighted by atomic mass is 10.0. The molecule has 3 N–H and O–H groups in total. The fourth-order valence-corrected chi connectivity index (χ4v) is 2.91. The predicted molar refractivity (Wildman–Crippen MR) is 74.2 cm³/mol. The van der Waals surface area contributed by atoms with Gasteiger partial charge in [-0.3, -0.25) is 4.79 Å². The molecule has 1 unspecified atom stereocenters. The number of hydrogen-bond donors (Lipinski definition) is 2. The molecule has 7 heteroatoms. The zero-order valence-corrected chi connectivity index (χ0v) is 12.3. The van der Waals surface area contributed by atoms with Crippen LogP contribution in [-0.4, -0.2) is 20.4 Å². The van der Waals surface area contributed by atoms with Crippen LogP contribution < -0.4 is 10.5 Å².